The van der Waals surface area contributed by atoms with Gasteiger partial charge in [-0.1, -0.05) is 18.2 Å². The summed E-state index contributed by atoms with van der Waals surface area (Å²) >= 11 is 1.87. The second kappa shape index (κ2) is 6.39. The molecule has 21 heavy (non-hydrogen) atoms. The highest BCUT2D eigenvalue weighted by Gasteiger charge is 2.41. The fraction of sp³-hybridized carbons (Fsp3) is 0.412. The van der Waals surface area contributed by atoms with Gasteiger partial charge in [0.25, 0.3) is 0 Å². The minimum absolute atomic E-state index is 0. The summed E-state index contributed by atoms with van der Waals surface area (Å²) in [5.74, 6) is 1.50. The Balaban J connectivity index is 0.00000161. The lowest BCUT2D eigenvalue weighted by molar-refractivity contribution is 0.400. The van der Waals surface area contributed by atoms with E-state index >= 15 is 0 Å². The van der Waals surface area contributed by atoms with Crippen LogP contribution in [-0.4, -0.2) is 12.6 Å². The van der Waals surface area contributed by atoms with Crippen LogP contribution in [0.4, 0.5) is 0 Å². The fourth-order valence-corrected chi connectivity index (χ4v) is 4.18. The third kappa shape index (κ3) is 3.25. The maximum absolute atomic E-state index is 5.23. The average molecular weight is 324 g/mol. The molecule has 114 valence electrons. The quantitative estimate of drug-likeness (QED) is 0.878. The van der Waals surface area contributed by atoms with Crippen molar-refractivity contribution >= 4 is 23.7 Å². The second-order valence-electron chi connectivity index (χ2n) is 6.00. The molecule has 3 rings (SSSR count). The van der Waals surface area contributed by atoms with Crippen LogP contribution in [0.1, 0.15) is 42.7 Å². The SMILES string of the molecule is COc1ccc(C2CC(c3cccs3)C(C)(C)N2)cc1.Cl. The number of hydrogen-bond acceptors (Lipinski definition) is 3. The van der Waals surface area contributed by atoms with Crippen molar-refractivity contribution in [1.29, 1.82) is 0 Å². The molecule has 1 aliphatic heterocycles. The predicted octanol–water partition coefficient (Wildman–Crippen LogP) is 4.78. The maximum atomic E-state index is 5.23. The smallest absolute Gasteiger partial charge is 0.118 e. The highest BCUT2D eigenvalue weighted by Crippen LogP contribution is 2.45. The van der Waals surface area contributed by atoms with Crippen LogP contribution in [0.5, 0.6) is 5.75 Å². The molecule has 1 N–H and O–H groups in total. The molecule has 1 aliphatic rings. The molecular formula is C17H22ClNOS. The summed E-state index contributed by atoms with van der Waals surface area (Å²) in [5, 5.41) is 5.96. The van der Waals surface area contributed by atoms with Crippen molar-refractivity contribution in [3.63, 3.8) is 0 Å². The Kier molecular flexibility index (Phi) is 4.97. The molecule has 1 aromatic heterocycles. The first kappa shape index (κ1) is 16.3. The highest BCUT2D eigenvalue weighted by atomic mass is 35.5. The van der Waals surface area contributed by atoms with Crippen molar-refractivity contribution in [2.45, 2.75) is 37.8 Å². The lowest BCUT2D eigenvalue weighted by atomic mass is 9.87. The molecule has 2 atom stereocenters. The van der Waals surface area contributed by atoms with Gasteiger partial charge in [0.15, 0.2) is 0 Å². The standard InChI is InChI=1S/C17H21NOS.ClH/c1-17(2)14(16-5-4-10-20-16)11-15(18-17)12-6-8-13(19-3)9-7-12;/h4-10,14-15,18H,11H2,1-3H3;1H. The highest BCUT2D eigenvalue weighted by molar-refractivity contribution is 7.10. The largest absolute Gasteiger partial charge is 0.497 e. The summed E-state index contributed by atoms with van der Waals surface area (Å²) in [5.41, 5.74) is 1.48. The molecular weight excluding hydrogens is 302 g/mol. The predicted molar refractivity (Wildman–Crippen MR) is 91.9 cm³/mol. The lowest BCUT2D eigenvalue weighted by Crippen LogP contribution is -2.37. The van der Waals surface area contributed by atoms with Crippen molar-refractivity contribution in [3.05, 3.63) is 52.2 Å². The van der Waals surface area contributed by atoms with E-state index in [4.69, 9.17) is 4.74 Å². The molecule has 0 saturated carbocycles. The third-order valence-electron chi connectivity index (χ3n) is 4.29. The van der Waals surface area contributed by atoms with Crippen molar-refractivity contribution in [2.24, 2.45) is 0 Å². The second-order valence-corrected chi connectivity index (χ2v) is 6.97. The first-order chi connectivity index (χ1) is 9.60. The number of ether oxygens (including phenoxy) is 1. The van der Waals surface area contributed by atoms with Gasteiger partial charge < -0.3 is 10.1 Å². The van der Waals surface area contributed by atoms with Crippen LogP contribution in [-0.2, 0) is 0 Å². The van der Waals surface area contributed by atoms with E-state index in [1.54, 1.807) is 7.11 Å². The summed E-state index contributed by atoms with van der Waals surface area (Å²) in [7, 11) is 1.71. The number of halogens is 1. The fourth-order valence-electron chi connectivity index (χ4n) is 3.16. The first-order valence-corrected chi connectivity index (χ1v) is 7.93. The Morgan fingerprint density at radius 1 is 1.19 bits per heavy atom. The number of rotatable bonds is 3. The van der Waals surface area contributed by atoms with Crippen molar-refractivity contribution in [1.82, 2.24) is 5.32 Å². The van der Waals surface area contributed by atoms with E-state index in [0.717, 1.165) is 12.2 Å². The number of methoxy groups -OCH3 is 1. The van der Waals surface area contributed by atoms with E-state index in [9.17, 15) is 0 Å². The zero-order valence-corrected chi connectivity index (χ0v) is 14.3. The van der Waals surface area contributed by atoms with Gasteiger partial charge in [0.1, 0.15) is 5.75 Å². The van der Waals surface area contributed by atoms with Crippen LogP contribution in [0.2, 0.25) is 0 Å². The van der Waals surface area contributed by atoms with Crippen LogP contribution >= 0.6 is 23.7 Å². The zero-order chi connectivity index (χ0) is 14.2. The molecule has 0 radical (unpaired) electrons. The molecule has 2 heterocycles. The van der Waals surface area contributed by atoms with Gasteiger partial charge in [0.2, 0.25) is 0 Å². The third-order valence-corrected chi connectivity index (χ3v) is 5.28. The number of thiophene rings is 1. The van der Waals surface area contributed by atoms with E-state index in [1.807, 2.05) is 23.5 Å². The molecule has 0 amide bonds. The molecule has 2 aromatic rings. The van der Waals surface area contributed by atoms with Gasteiger partial charge in [-0.05, 0) is 49.4 Å². The topological polar surface area (TPSA) is 21.3 Å². The minimum Gasteiger partial charge on any atom is -0.497 e. The molecule has 0 aliphatic carbocycles. The molecule has 4 heteroatoms. The van der Waals surface area contributed by atoms with Crippen LogP contribution in [0.25, 0.3) is 0 Å². The van der Waals surface area contributed by atoms with Crippen LogP contribution in [0.3, 0.4) is 0 Å². The molecule has 2 nitrogen and oxygen atoms in total. The van der Waals surface area contributed by atoms with Gasteiger partial charge in [-0.3, -0.25) is 0 Å². The molecule has 0 spiro atoms. The van der Waals surface area contributed by atoms with E-state index in [-0.39, 0.29) is 17.9 Å². The maximum Gasteiger partial charge on any atom is 0.118 e. The van der Waals surface area contributed by atoms with E-state index in [1.165, 1.54) is 10.4 Å². The zero-order valence-electron chi connectivity index (χ0n) is 12.6. The summed E-state index contributed by atoms with van der Waals surface area (Å²) in [6.07, 6.45) is 1.15. The van der Waals surface area contributed by atoms with Crippen LogP contribution in [0.15, 0.2) is 41.8 Å². The van der Waals surface area contributed by atoms with Gasteiger partial charge in [0, 0.05) is 22.4 Å². The Hall–Kier alpha value is -1.03. The Morgan fingerprint density at radius 3 is 2.48 bits per heavy atom. The summed E-state index contributed by atoms with van der Waals surface area (Å²) < 4.78 is 5.23. The van der Waals surface area contributed by atoms with Gasteiger partial charge in [0.05, 0.1) is 7.11 Å². The van der Waals surface area contributed by atoms with Gasteiger partial charge >= 0.3 is 0 Å². The molecule has 0 bridgehead atoms. The summed E-state index contributed by atoms with van der Waals surface area (Å²) in [6, 6.07) is 13.3. The van der Waals surface area contributed by atoms with Crippen LogP contribution < -0.4 is 10.1 Å². The van der Waals surface area contributed by atoms with Gasteiger partial charge in [-0.15, -0.1) is 23.7 Å². The molecule has 1 fully saturated rings. The van der Waals surface area contributed by atoms with Crippen molar-refractivity contribution in [3.8, 4) is 5.75 Å². The van der Waals surface area contributed by atoms with Crippen LogP contribution in [0, 0.1) is 0 Å². The Morgan fingerprint density at radius 2 is 1.90 bits per heavy atom. The Bertz CT molecular complexity index is 565. The van der Waals surface area contributed by atoms with Gasteiger partial charge in [-0.25, -0.2) is 0 Å². The number of nitrogens with one attached hydrogen (secondary N) is 1. The normalized spacial score (nSPS) is 23.6. The summed E-state index contributed by atoms with van der Waals surface area (Å²) in [6.45, 7) is 4.61. The number of hydrogen-bond donors (Lipinski definition) is 1. The Labute approximate surface area is 136 Å². The first-order valence-electron chi connectivity index (χ1n) is 7.05. The lowest BCUT2D eigenvalue weighted by Gasteiger charge is -2.26. The average Bonchev–Trinajstić information content (AvgIpc) is 3.06. The molecule has 1 aromatic carbocycles. The van der Waals surface area contributed by atoms with Gasteiger partial charge in [-0.2, -0.15) is 0 Å². The van der Waals surface area contributed by atoms with Crippen molar-refractivity contribution < 1.29 is 4.74 Å². The van der Waals surface area contributed by atoms with E-state index in [0.29, 0.717) is 12.0 Å². The van der Waals surface area contributed by atoms with E-state index in [2.05, 4.69) is 48.8 Å². The van der Waals surface area contributed by atoms with Crippen molar-refractivity contribution in [2.75, 3.05) is 7.11 Å². The van der Waals surface area contributed by atoms with E-state index < -0.39 is 0 Å². The molecule has 2 unspecified atom stereocenters. The minimum atomic E-state index is 0. The number of benzene rings is 1. The monoisotopic (exact) mass is 323 g/mol. The summed E-state index contributed by atoms with van der Waals surface area (Å²) in [4.78, 5) is 1.48. The molecule has 1 saturated heterocycles.